The zero-order chi connectivity index (χ0) is 14.8. The number of hydrogen-bond acceptors (Lipinski definition) is 2. The molecule has 21 heavy (non-hydrogen) atoms. The molecule has 1 aliphatic heterocycles. The molecule has 0 N–H and O–H groups in total. The van der Waals surface area contributed by atoms with Gasteiger partial charge in [0.05, 0.1) is 11.2 Å². The van der Waals surface area contributed by atoms with Crippen LogP contribution < -0.4 is 5.46 Å². The van der Waals surface area contributed by atoms with Gasteiger partial charge in [-0.2, -0.15) is 0 Å². The molecule has 0 spiro atoms. The monoisotopic (exact) mass is 278 g/mol. The van der Waals surface area contributed by atoms with Gasteiger partial charge in [0.2, 0.25) is 0 Å². The molecule has 0 amide bonds. The molecular weight excluding hydrogens is 259 g/mol. The molecule has 0 bridgehead atoms. The van der Waals surface area contributed by atoms with Gasteiger partial charge in [-0.3, -0.25) is 0 Å². The Hall–Kier alpha value is -1.58. The normalized spacial score (nSPS) is 21.4. The second-order valence-electron chi connectivity index (χ2n) is 6.94. The Morgan fingerprint density at radius 3 is 2.10 bits per heavy atom. The average Bonchev–Trinajstić information content (AvgIpc) is 2.91. The van der Waals surface area contributed by atoms with Gasteiger partial charge in [-0.25, -0.2) is 0 Å². The fraction of sp³-hybridized carbons (Fsp3) is 0.333. The maximum atomic E-state index is 6.22. The van der Waals surface area contributed by atoms with Crippen LogP contribution in [0.1, 0.15) is 38.8 Å². The van der Waals surface area contributed by atoms with Crippen LogP contribution in [-0.2, 0) is 9.31 Å². The van der Waals surface area contributed by atoms with Crippen molar-refractivity contribution < 1.29 is 9.31 Å². The Kier molecular flexibility index (Phi) is 2.49. The molecule has 4 rings (SSSR count). The maximum absolute atomic E-state index is 6.22. The molecule has 1 fully saturated rings. The summed E-state index contributed by atoms with van der Waals surface area (Å²) in [4.78, 5) is 0. The van der Waals surface area contributed by atoms with Crippen LogP contribution in [0.5, 0.6) is 0 Å². The SMILES string of the molecule is CC1(C)OB(c2ccc3c4c(cccc24)C=C3)OC1(C)C. The molecule has 0 saturated carbocycles. The third-order valence-corrected chi connectivity index (χ3v) is 5.09. The summed E-state index contributed by atoms with van der Waals surface area (Å²) < 4.78 is 12.4. The summed E-state index contributed by atoms with van der Waals surface area (Å²) in [5.41, 5.74) is 3.07. The topological polar surface area (TPSA) is 18.5 Å². The lowest BCUT2D eigenvalue weighted by molar-refractivity contribution is 0.00578. The molecule has 0 atom stereocenters. The fourth-order valence-electron chi connectivity index (χ4n) is 3.12. The van der Waals surface area contributed by atoms with Crippen molar-refractivity contribution in [2.24, 2.45) is 0 Å². The van der Waals surface area contributed by atoms with Crippen LogP contribution in [0.3, 0.4) is 0 Å². The Morgan fingerprint density at radius 1 is 0.810 bits per heavy atom. The summed E-state index contributed by atoms with van der Waals surface area (Å²) in [6.07, 6.45) is 4.34. The maximum Gasteiger partial charge on any atom is 0.495 e. The van der Waals surface area contributed by atoms with E-state index in [1.54, 1.807) is 0 Å². The first kappa shape index (κ1) is 13.1. The molecule has 1 saturated heterocycles. The number of rotatable bonds is 1. The average molecular weight is 278 g/mol. The first-order valence-electron chi connectivity index (χ1n) is 7.48. The predicted octanol–water partition coefficient (Wildman–Crippen LogP) is 3.62. The molecule has 3 heteroatoms. The molecule has 2 nitrogen and oxygen atoms in total. The second kappa shape index (κ2) is 3.99. The summed E-state index contributed by atoms with van der Waals surface area (Å²) in [6, 6.07) is 10.7. The van der Waals surface area contributed by atoms with Crippen molar-refractivity contribution in [1.29, 1.82) is 0 Å². The molecule has 106 valence electrons. The zero-order valence-corrected chi connectivity index (χ0v) is 12.9. The molecule has 2 aromatic rings. The van der Waals surface area contributed by atoms with Gasteiger partial charge in [-0.1, -0.05) is 42.5 Å². The summed E-state index contributed by atoms with van der Waals surface area (Å²) in [6.45, 7) is 8.37. The van der Waals surface area contributed by atoms with Crippen molar-refractivity contribution in [3.8, 4) is 0 Å². The van der Waals surface area contributed by atoms with Crippen molar-refractivity contribution in [2.45, 2.75) is 38.9 Å². The summed E-state index contributed by atoms with van der Waals surface area (Å²) >= 11 is 0. The smallest absolute Gasteiger partial charge is 0.399 e. The number of hydrogen-bond donors (Lipinski definition) is 0. The van der Waals surface area contributed by atoms with Gasteiger partial charge in [0, 0.05) is 0 Å². The molecule has 0 aromatic heterocycles. The van der Waals surface area contributed by atoms with Gasteiger partial charge < -0.3 is 9.31 Å². The third kappa shape index (κ3) is 1.74. The Bertz CT molecular complexity index is 746. The van der Waals surface area contributed by atoms with Crippen LogP contribution in [0.15, 0.2) is 30.3 Å². The lowest BCUT2D eigenvalue weighted by Crippen LogP contribution is -2.41. The van der Waals surface area contributed by atoms with E-state index in [4.69, 9.17) is 9.31 Å². The van der Waals surface area contributed by atoms with E-state index < -0.39 is 0 Å². The summed E-state index contributed by atoms with van der Waals surface area (Å²) in [5, 5.41) is 2.54. The highest BCUT2D eigenvalue weighted by Crippen LogP contribution is 2.38. The molecule has 2 aromatic carbocycles. The van der Waals surface area contributed by atoms with Gasteiger partial charge in [0.1, 0.15) is 0 Å². The van der Waals surface area contributed by atoms with E-state index in [2.05, 4.69) is 70.2 Å². The van der Waals surface area contributed by atoms with E-state index in [1.165, 1.54) is 21.9 Å². The van der Waals surface area contributed by atoms with Gasteiger partial charge in [-0.05, 0) is 55.1 Å². The summed E-state index contributed by atoms with van der Waals surface area (Å²) in [5.74, 6) is 0. The van der Waals surface area contributed by atoms with Gasteiger partial charge in [-0.15, -0.1) is 0 Å². The molecule has 0 radical (unpaired) electrons. The Labute approximate surface area is 125 Å². The molecular formula is C18H19BO2. The highest BCUT2D eigenvalue weighted by molar-refractivity contribution is 6.65. The van der Waals surface area contributed by atoms with Crippen molar-refractivity contribution in [1.82, 2.24) is 0 Å². The van der Waals surface area contributed by atoms with Crippen LogP contribution >= 0.6 is 0 Å². The van der Waals surface area contributed by atoms with E-state index in [9.17, 15) is 0 Å². The van der Waals surface area contributed by atoms with Crippen LogP contribution in [0.4, 0.5) is 0 Å². The molecule has 1 aliphatic carbocycles. The minimum atomic E-state index is -0.307. The minimum absolute atomic E-state index is 0.306. The van der Waals surface area contributed by atoms with Crippen LogP contribution in [0, 0.1) is 0 Å². The Balaban J connectivity index is 1.87. The quantitative estimate of drug-likeness (QED) is 0.633. The van der Waals surface area contributed by atoms with Crippen molar-refractivity contribution in [3.63, 3.8) is 0 Å². The highest BCUT2D eigenvalue weighted by Gasteiger charge is 2.52. The van der Waals surface area contributed by atoms with E-state index in [1.807, 2.05) is 0 Å². The van der Waals surface area contributed by atoms with Gasteiger partial charge in [0.25, 0.3) is 0 Å². The number of benzene rings is 2. The van der Waals surface area contributed by atoms with Crippen LogP contribution in [0.2, 0.25) is 0 Å². The van der Waals surface area contributed by atoms with Crippen molar-refractivity contribution in [2.75, 3.05) is 0 Å². The van der Waals surface area contributed by atoms with E-state index >= 15 is 0 Å². The molecule has 0 unspecified atom stereocenters. The van der Waals surface area contributed by atoms with Crippen LogP contribution in [-0.4, -0.2) is 18.3 Å². The highest BCUT2D eigenvalue weighted by atomic mass is 16.7. The van der Waals surface area contributed by atoms with E-state index in [-0.39, 0.29) is 18.3 Å². The van der Waals surface area contributed by atoms with Gasteiger partial charge in [0.15, 0.2) is 0 Å². The first-order valence-corrected chi connectivity index (χ1v) is 7.48. The Morgan fingerprint density at radius 2 is 1.43 bits per heavy atom. The third-order valence-electron chi connectivity index (χ3n) is 5.09. The molecule has 1 heterocycles. The van der Waals surface area contributed by atoms with E-state index in [0.29, 0.717) is 0 Å². The lowest BCUT2D eigenvalue weighted by Gasteiger charge is -2.32. The lowest BCUT2D eigenvalue weighted by atomic mass is 9.75. The first-order chi connectivity index (χ1) is 9.89. The largest absolute Gasteiger partial charge is 0.495 e. The van der Waals surface area contributed by atoms with Crippen molar-refractivity contribution in [3.05, 3.63) is 41.5 Å². The van der Waals surface area contributed by atoms with Crippen LogP contribution in [0.25, 0.3) is 22.9 Å². The van der Waals surface area contributed by atoms with Crippen molar-refractivity contribution >= 4 is 35.5 Å². The molecule has 2 aliphatic rings. The predicted molar refractivity (Wildman–Crippen MR) is 88.6 cm³/mol. The van der Waals surface area contributed by atoms with E-state index in [0.717, 1.165) is 5.46 Å². The second-order valence-corrected chi connectivity index (χ2v) is 6.94. The summed E-state index contributed by atoms with van der Waals surface area (Å²) in [7, 11) is -0.306. The fourth-order valence-corrected chi connectivity index (χ4v) is 3.12. The minimum Gasteiger partial charge on any atom is -0.399 e. The zero-order valence-electron chi connectivity index (χ0n) is 12.9. The standard InChI is InChI=1S/C18H19BO2/c1-17(2)18(3,4)21-19(20-17)15-11-10-13-9-8-12-6-5-7-14(15)16(12)13/h5-11H,1-4H3. The van der Waals surface area contributed by atoms with Gasteiger partial charge >= 0.3 is 7.12 Å².